The largest absolute Gasteiger partial charge is 0.493 e. The molecular formula is C29H35N5O5. The summed E-state index contributed by atoms with van der Waals surface area (Å²) in [5.41, 5.74) is 4.65. The molecule has 3 N–H and O–H groups in total. The fourth-order valence-corrected chi connectivity index (χ4v) is 5.20. The summed E-state index contributed by atoms with van der Waals surface area (Å²) in [6.45, 7) is 2.80. The van der Waals surface area contributed by atoms with Gasteiger partial charge in [-0.15, -0.1) is 0 Å². The number of ether oxygens (including phenoxy) is 3. The number of hydrogen-bond acceptors (Lipinski definition) is 7. The summed E-state index contributed by atoms with van der Waals surface area (Å²) in [5, 5.41) is 6.25. The van der Waals surface area contributed by atoms with Crippen LogP contribution in [0.5, 0.6) is 17.2 Å². The van der Waals surface area contributed by atoms with Gasteiger partial charge in [-0.2, -0.15) is 0 Å². The average molecular weight is 534 g/mol. The lowest BCUT2D eigenvalue weighted by Gasteiger charge is -2.28. The van der Waals surface area contributed by atoms with E-state index in [1.165, 1.54) is 0 Å². The molecule has 0 fully saturated rings. The summed E-state index contributed by atoms with van der Waals surface area (Å²) in [6.07, 6.45) is 5.34. The van der Waals surface area contributed by atoms with Crippen LogP contribution in [0.1, 0.15) is 42.1 Å². The number of H-pyrrole nitrogens is 1. The molecule has 4 bridgehead atoms. The molecule has 3 heterocycles. The van der Waals surface area contributed by atoms with Crippen molar-refractivity contribution in [3.63, 3.8) is 0 Å². The predicted molar refractivity (Wildman–Crippen MR) is 146 cm³/mol. The van der Waals surface area contributed by atoms with E-state index >= 15 is 0 Å². The van der Waals surface area contributed by atoms with Crippen LogP contribution in [0.3, 0.4) is 0 Å². The van der Waals surface area contributed by atoms with Crippen LogP contribution in [0.2, 0.25) is 0 Å². The third-order valence-corrected chi connectivity index (χ3v) is 7.23. The van der Waals surface area contributed by atoms with E-state index in [4.69, 9.17) is 14.2 Å². The Morgan fingerprint density at radius 1 is 1.05 bits per heavy atom. The molecule has 1 unspecified atom stereocenters. The number of carbonyl (C=O) groups is 2. The molecule has 0 saturated heterocycles. The highest BCUT2D eigenvalue weighted by Gasteiger charge is 2.25. The van der Waals surface area contributed by atoms with Crippen molar-refractivity contribution in [1.82, 2.24) is 25.5 Å². The van der Waals surface area contributed by atoms with Crippen LogP contribution >= 0.6 is 0 Å². The number of hydrogen-bond donors (Lipinski definition) is 3. The van der Waals surface area contributed by atoms with Crippen LogP contribution in [-0.4, -0.2) is 67.1 Å². The van der Waals surface area contributed by atoms with Gasteiger partial charge in [0.25, 0.3) is 0 Å². The van der Waals surface area contributed by atoms with Crippen LogP contribution in [0.25, 0.3) is 11.1 Å². The number of aryl methyl sites for hydroxylation is 1. The molecule has 2 amide bonds. The fraction of sp³-hybridized carbons (Fsp3) is 0.414. The minimum Gasteiger partial charge on any atom is -0.493 e. The lowest BCUT2D eigenvalue weighted by atomic mass is 9.93. The predicted octanol–water partition coefficient (Wildman–Crippen LogP) is 2.99. The first-order valence-electron chi connectivity index (χ1n) is 13.3. The Morgan fingerprint density at radius 2 is 1.95 bits per heavy atom. The van der Waals surface area contributed by atoms with Crippen LogP contribution < -0.4 is 24.8 Å². The van der Waals surface area contributed by atoms with E-state index in [2.05, 4.69) is 31.6 Å². The number of nitrogens with zero attached hydrogens (tertiary/aromatic N) is 2. The highest BCUT2D eigenvalue weighted by atomic mass is 16.5. The smallest absolute Gasteiger partial charge is 0.221 e. The number of aromatic amines is 1. The number of benzene rings is 2. The molecule has 0 spiro atoms. The molecular weight excluding hydrogens is 498 g/mol. The van der Waals surface area contributed by atoms with Crippen molar-refractivity contribution in [1.29, 1.82) is 0 Å². The Kier molecular flexibility index (Phi) is 8.31. The van der Waals surface area contributed by atoms with Crippen molar-refractivity contribution in [2.24, 2.45) is 0 Å². The van der Waals surface area contributed by atoms with E-state index in [0.29, 0.717) is 70.0 Å². The van der Waals surface area contributed by atoms with Crippen molar-refractivity contribution in [3.05, 3.63) is 59.7 Å². The molecule has 0 aliphatic carbocycles. The molecule has 1 atom stereocenters. The maximum Gasteiger partial charge on any atom is 0.221 e. The van der Waals surface area contributed by atoms with Gasteiger partial charge in [0.05, 0.1) is 33.2 Å². The number of amides is 2. The highest BCUT2D eigenvalue weighted by molar-refractivity contribution is 5.79. The van der Waals surface area contributed by atoms with Gasteiger partial charge in [-0.25, -0.2) is 4.98 Å². The Bertz CT molecular complexity index is 1310. The molecule has 0 saturated carbocycles. The minimum absolute atomic E-state index is 0.0274. The molecule has 2 aromatic carbocycles. The molecule has 1 aromatic heterocycles. The standard InChI is InChI=1S/C29H35N5O5/c1-37-26-14-19-3-6-27(35)31-9-11-34(17-21-16-30-18-32-21)10-7-28(36)33-24-8-12-39-25-5-4-20(15-23(24)25)22(13-19)29(26)38-2/h4-5,13-16,18,24H,3,6-12,17H2,1-2H3,(H,30,32)(H,31,35)(H,33,36). The first-order valence-corrected chi connectivity index (χ1v) is 13.3. The zero-order valence-electron chi connectivity index (χ0n) is 22.4. The van der Waals surface area contributed by atoms with Gasteiger partial charge in [-0.3, -0.25) is 14.5 Å². The summed E-state index contributed by atoms with van der Waals surface area (Å²) >= 11 is 0. The molecule has 2 aliphatic heterocycles. The number of aromatic nitrogens is 2. The monoisotopic (exact) mass is 533 g/mol. The van der Waals surface area contributed by atoms with Crippen LogP contribution in [0.4, 0.5) is 0 Å². The Labute approximate surface area is 228 Å². The third kappa shape index (κ3) is 6.34. The molecule has 3 aromatic rings. The molecule has 39 heavy (non-hydrogen) atoms. The van der Waals surface area contributed by atoms with Gasteiger partial charge < -0.3 is 29.8 Å². The first-order chi connectivity index (χ1) is 19.0. The van der Waals surface area contributed by atoms with Crippen LogP contribution in [0.15, 0.2) is 42.9 Å². The normalized spacial score (nSPS) is 18.7. The molecule has 206 valence electrons. The zero-order valence-corrected chi connectivity index (χ0v) is 22.4. The second-order valence-electron chi connectivity index (χ2n) is 9.84. The number of carbonyl (C=O) groups excluding carboxylic acids is 2. The number of fused-ring (bicyclic) bond motifs is 4. The van der Waals surface area contributed by atoms with Gasteiger partial charge in [0.2, 0.25) is 11.8 Å². The van der Waals surface area contributed by atoms with Gasteiger partial charge in [0.1, 0.15) is 5.75 Å². The van der Waals surface area contributed by atoms with Gasteiger partial charge in [-0.05, 0) is 41.8 Å². The SMILES string of the molecule is COc1cc2cc(c1OC)-c1ccc3c(c1)C(CCO3)NC(=O)CCN(Cc1cnc[nH]1)CCNC(=O)CC2. The quantitative estimate of drug-likeness (QED) is 0.472. The molecule has 2 aliphatic rings. The van der Waals surface area contributed by atoms with Crippen LogP contribution in [0, 0.1) is 0 Å². The zero-order chi connectivity index (χ0) is 27.2. The van der Waals surface area contributed by atoms with Crippen molar-refractivity contribution >= 4 is 11.8 Å². The van der Waals surface area contributed by atoms with Crippen molar-refractivity contribution in [3.8, 4) is 28.4 Å². The van der Waals surface area contributed by atoms with E-state index in [1.54, 1.807) is 26.7 Å². The fourth-order valence-electron chi connectivity index (χ4n) is 5.20. The van der Waals surface area contributed by atoms with Crippen molar-refractivity contribution in [2.45, 2.75) is 38.3 Å². The van der Waals surface area contributed by atoms with E-state index in [1.807, 2.05) is 24.3 Å². The summed E-state index contributed by atoms with van der Waals surface area (Å²) in [5.74, 6) is 1.94. The molecule has 10 heteroatoms. The number of methoxy groups -OCH3 is 2. The Hall–Kier alpha value is -4.05. The van der Waals surface area contributed by atoms with E-state index in [0.717, 1.165) is 33.7 Å². The molecule has 5 rings (SSSR count). The van der Waals surface area contributed by atoms with E-state index in [9.17, 15) is 9.59 Å². The van der Waals surface area contributed by atoms with Gasteiger partial charge in [0, 0.05) is 68.5 Å². The lowest BCUT2D eigenvalue weighted by Crippen LogP contribution is -2.38. The molecule has 0 radical (unpaired) electrons. The first kappa shape index (κ1) is 26.6. The number of rotatable bonds is 4. The summed E-state index contributed by atoms with van der Waals surface area (Å²) < 4.78 is 17.3. The second kappa shape index (κ2) is 12.2. The lowest BCUT2D eigenvalue weighted by molar-refractivity contribution is -0.123. The third-order valence-electron chi connectivity index (χ3n) is 7.23. The van der Waals surface area contributed by atoms with Crippen LogP contribution in [-0.2, 0) is 22.6 Å². The number of imidazole rings is 1. The number of nitrogens with one attached hydrogen (secondary N) is 3. The Morgan fingerprint density at radius 3 is 2.74 bits per heavy atom. The maximum absolute atomic E-state index is 13.1. The summed E-state index contributed by atoms with van der Waals surface area (Å²) in [4.78, 5) is 35.2. The average Bonchev–Trinajstić information content (AvgIpc) is 3.46. The van der Waals surface area contributed by atoms with E-state index < -0.39 is 0 Å². The topological polar surface area (TPSA) is 118 Å². The maximum atomic E-state index is 13.1. The van der Waals surface area contributed by atoms with Crippen molar-refractivity contribution < 1.29 is 23.8 Å². The van der Waals surface area contributed by atoms with E-state index in [-0.39, 0.29) is 17.9 Å². The van der Waals surface area contributed by atoms with Gasteiger partial charge in [-0.1, -0.05) is 6.07 Å². The highest BCUT2D eigenvalue weighted by Crippen LogP contribution is 2.42. The van der Waals surface area contributed by atoms with Gasteiger partial charge >= 0.3 is 0 Å². The Balaban J connectivity index is 1.48. The molecule has 10 nitrogen and oxygen atoms in total. The van der Waals surface area contributed by atoms with Gasteiger partial charge in [0.15, 0.2) is 11.5 Å². The minimum atomic E-state index is -0.156. The van der Waals surface area contributed by atoms with Crippen molar-refractivity contribution in [2.75, 3.05) is 40.5 Å². The summed E-state index contributed by atoms with van der Waals surface area (Å²) in [6, 6.07) is 9.80. The second-order valence-corrected chi connectivity index (χ2v) is 9.84. The summed E-state index contributed by atoms with van der Waals surface area (Å²) in [7, 11) is 3.23.